The summed E-state index contributed by atoms with van der Waals surface area (Å²) in [6, 6.07) is 7.52. The van der Waals surface area contributed by atoms with Gasteiger partial charge in [0, 0.05) is 11.6 Å². The Bertz CT molecular complexity index is 875. The second-order valence-corrected chi connectivity index (χ2v) is 6.99. The molecule has 3 rings (SSSR count). The number of fused-ring (bicyclic) bond motifs is 1. The van der Waals surface area contributed by atoms with Crippen LogP contribution in [0, 0.1) is 6.92 Å². The van der Waals surface area contributed by atoms with Crippen LogP contribution in [0.1, 0.15) is 22.2 Å². The van der Waals surface area contributed by atoms with E-state index in [9.17, 15) is 4.79 Å². The Balaban J connectivity index is 2.23. The average Bonchev–Trinajstić information content (AvgIpc) is 3.05. The monoisotopic (exact) mass is 336 g/mol. The summed E-state index contributed by atoms with van der Waals surface area (Å²) in [7, 11) is 0. The average molecular weight is 337 g/mol. The van der Waals surface area contributed by atoms with Gasteiger partial charge in [0.2, 0.25) is 0 Å². The molecule has 0 bridgehead atoms. The molecule has 0 fully saturated rings. The van der Waals surface area contributed by atoms with Crippen LogP contribution in [0.15, 0.2) is 34.6 Å². The van der Waals surface area contributed by atoms with E-state index in [1.54, 1.807) is 6.07 Å². The minimum Gasteiger partial charge on any atom is -0.316 e. The van der Waals surface area contributed by atoms with Crippen LogP contribution in [0.4, 0.5) is 0 Å². The highest BCUT2D eigenvalue weighted by molar-refractivity contribution is 7.16. The molecule has 108 valence electrons. The number of amides is 1. The summed E-state index contributed by atoms with van der Waals surface area (Å²) in [5, 5.41) is 2.59. The van der Waals surface area contributed by atoms with Gasteiger partial charge < -0.3 is 4.57 Å². The zero-order valence-corrected chi connectivity index (χ0v) is 14.0. The van der Waals surface area contributed by atoms with E-state index in [2.05, 4.69) is 16.5 Å². The van der Waals surface area contributed by atoms with Gasteiger partial charge in [-0.3, -0.25) is 4.79 Å². The summed E-state index contributed by atoms with van der Waals surface area (Å²) in [5.74, 6) is -0.192. The fraction of sp³-hybridized carbons (Fsp3) is 0.200. The molecule has 0 unspecified atom stereocenters. The molecule has 0 aliphatic heterocycles. The van der Waals surface area contributed by atoms with Crippen molar-refractivity contribution >= 4 is 50.4 Å². The standard InChI is InChI=1S/C15H13ClN2OS2/c1-3-18-13-9(2)7-10(16)8-12(13)21-15(18)17-14(19)11-5-4-6-20-11/h4-8H,3H2,1-2H3. The molecule has 0 spiro atoms. The smallest absolute Gasteiger partial charge is 0.289 e. The van der Waals surface area contributed by atoms with Crippen molar-refractivity contribution in [3.8, 4) is 0 Å². The first-order valence-electron chi connectivity index (χ1n) is 6.52. The minimum absolute atomic E-state index is 0.192. The molecule has 3 aromatic rings. The molecule has 0 N–H and O–H groups in total. The molecule has 2 aromatic heterocycles. The predicted molar refractivity (Wildman–Crippen MR) is 89.4 cm³/mol. The van der Waals surface area contributed by atoms with Crippen LogP contribution in [-0.4, -0.2) is 10.5 Å². The molecule has 0 aliphatic rings. The van der Waals surface area contributed by atoms with Crippen molar-refractivity contribution in [2.24, 2.45) is 4.99 Å². The van der Waals surface area contributed by atoms with Crippen LogP contribution in [0.3, 0.4) is 0 Å². The Morgan fingerprint density at radius 1 is 1.43 bits per heavy atom. The van der Waals surface area contributed by atoms with Gasteiger partial charge >= 0.3 is 0 Å². The number of thiophene rings is 1. The van der Waals surface area contributed by atoms with Gasteiger partial charge in [0.15, 0.2) is 4.80 Å². The molecule has 0 radical (unpaired) electrons. The van der Waals surface area contributed by atoms with Crippen molar-refractivity contribution in [2.75, 3.05) is 0 Å². The Labute approximate surface area is 135 Å². The Morgan fingerprint density at radius 3 is 2.90 bits per heavy atom. The lowest BCUT2D eigenvalue weighted by molar-refractivity contribution is 0.100. The molecule has 1 amide bonds. The van der Waals surface area contributed by atoms with E-state index in [1.165, 1.54) is 22.7 Å². The second-order valence-electron chi connectivity index (χ2n) is 4.59. The number of halogens is 1. The highest BCUT2D eigenvalue weighted by Crippen LogP contribution is 2.25. The molecular formula is C15H13ClN2OS2. The number of carbonyl (C=O) groups is 1. The Hall–Kier alpha value is -1.43. The van der Waals surface area contributed by atoms with E-state index in [1.807, 2.05) is 30.5 Å². The lowest BCUT2D eigenvalue weighted by Crippen LogP contribution is -2.16. The maximum Gasteiger partial charge on any atom is 0.289 e. The van der Waals surface area contributed by atoms with E-state index in [-0.39, 0.29) is 5.91 Å². The number of nitrogens with zero attached hydrogens (tertiary/aromatic N) is 2. The fourth-order valence-electron chi connectivity index (χ4n) is 2.30. The maximum atomic E-state index is 12.2. The lowest BCUT2D eigenvalue weighted by Gasteiger charge is -2.03. The van der Waals surface area contributed by atoms with E-state index < -0.39 is 0 Å². The van der Waals surface area contributed by atoms with Crippen molar-refractivity contribution in [2.45, 2.75) is 20.4 Å². The third kappa shape index (κ3) is 2.69. The molecule has 0 saturated carbocycles. The number of aryl methyl sites for hydroxylation is 2. The fourth-order valence-corrected chi connectivity index (χ4v) is 4.45. The SMILES string of the molecule is CCn1c(=NC(=O)c2cccs2)sc2cc(Cl)cc(C)c21. The number of carbonyl (C=O) groups excluding carboxylic acids is 1. The maximum absolute atomic E-state index is 12.2. The van der Waals surface area contributed by atoms with E-state index in [4.69, 9.17) is 11.6 Å². The number of aromatic nitrogens is 1. The van der Waals surface area contributed by atoms with Crippen LogP contribution in [-0.2, 0) is 6.54 Å². The summed E-state index contributed by atoms with van der Waals surface area (Å²) in [5.41, 5.74) is 2.20. The first kappa shape index (κ1) is 14.5. The zero-order chi connectivity index (χ0) is 15.0. The summed E-state index contributed by atoms with van der Waals surface area (Å²) in [6.07, 6.45) is 0. The molecule has 0 saturated heterocycles. The first-order chi connectivity index (χ1) is 10.1. The van der Waals surface area contributed by atoms with Gasteiger partial charge in [-0.25, -0.2) is 0 Å². The van der Waals surface area contributed by atoms with Gasteiger partial charge in [-0.05, 0) is 43.0 Å². The number of hydrogen-bond donors (Lipinski definition) is 0. The van der Waals surface area contributed by atoms with E-state index >= 15 is 0 Å². The van der Waals surface area contributed by atoms with Gasteiger partial charge in [-0.1, -0.05) is 29.0 Å². The molecule has 2 heterocycles. The summed E-state index contributed by atoms with van der Waals surface area (Å²) in [4.78, 5) is 17.8. The lowest BCUT2D eigenvalue weighted by atomic mass is 10.2. The van der Waals surface area contributed by atoms with Gasteiger partial charge in [0.25, 0.3) is 5.91 Å². The van der Waals surface area contributed by atoms with Crippen LogP contribution in [0.25, 0.3) is 10.2 Å². The summed E-state index contributed by atoms with van der Waals surface area (Å²) < 4.78 is 3.12. The van der Waals surface area contributed by atoms with Gasteiger partial charge in [0.1, 0.15) is 0 Å². The number of rotatable bonds is 2. The van der Waals surface area contributed by atoms with Crippen LogP contribution >= 0.6 is 34.3 Å². The molecule has 6 heteroatoms. The quantitative estimate of drug-likeness (QED) is 0.679. The van der Waals surface area contributed by atoms with E-state index in [0.717, 1.165) is 27.1 Å². The molecule has 0 aliphatic carbocycles. The van der Waals surface area contributed by atoms with Crippen LogP contribution in [0.5, 0.6) is 0 Å². The van der Waals surface area contributed by atoms with Gasteiger partial charge in [0.05, 0.1) is 15.1 Å². The second kappa shape index (κ2) is 5.75. The van der Waals surface area contributed by atoms with E-state index in [0.29, 0.717) is 9.90 Å². The third-order valence-corrected chi connectivity index (χ3v) is 5.28. The van der Waals surface area contributed by atoms with Gasteiger partial charge in [-0.2, -0.15) is 4.99 Å². The minimum atomic E-state index is -0.192. The Morgan fingerprint density at radius 2 is 2.24 bits per heavy atom. The van der Waals surface area contributed by atoms with Gasteiger partial charge in [-0.15, -0.1) is 11.3 Å². The topological polar surface area (TPSA) is 34.4 Å². The van der Waals surface area contributed by atoms with Crippen molar-refractivity contribution in [1.29, 1.82) is 0 Å². The highest BCUT2D eigenvalue weighted by atomic mass is 35.5. The number of thiazole rings is 1. The molecule has 0 atom stereocenters. The molecule has 21 heavy (non-hydrogen) atoms. The zero-order valence-electron chi connectivity index (χ0n) is 11.6. The summed E-state index contributed by atoms with van der Waals surface area (Å²) >= 11 is 9.02. The normalized spacial score (nSPS) is 12.2. The van der Waals surface area contributed by atoms with Crippen molar-refractivity contribution in [1.82, 2.24) is 4.57 Å². The predicted octanol–water partition coefficient (Wildman–Crippen LogP) is 4.49. The molecule has 3 nitrogen and oxygen atoms in total. The third-order valence-electron chi connectivity index (χ3n) is 3.18. The summed E-state index contributed by atoms with van der Waals surface area (Å²) in [6.45, 7) is 4.84. The highest BCUT2D eigenvalue weighted by Gasteiger charge is 2.11. The largest absolute Gasteiger partial charge is 0.316 e. The van der Waals surface area contributed by atoms with Crippen LogP contribution < -0.4 is 4.80 Å². The van der Waals surface area contributed by atoms with Crippen molar-refractivity contribution in [3.05, 3.63) is 49.9 Å². The number of benzene rings is 1. The molecular weight excluding hydrogens is 324 g/mol. The first-order valence-corrected chi connectivity index (χ1v) is 8.59. The molecule has 1 aromatic carbocycles. The Kier molecular flexibility index (Phi) is 3.97. The number of hydrogen-bond acceptors (Lipinski definition) is 3. The van der Waals surface area contributed by atoms with Crippen molar-refractivity contribution < 1.29 is 4.79 Å². The van der Waals surface area contributed by atoms with Crippen molar-refractivity contribution in [3.63, 3.8) is 0 Å². The van der Waals surface area contributed by atoms with Crippen LogP contribution in [0.2, 0.25) is 5.02 Å².